The molecule has 124 valence electrons. The Kier molecular flexibility index (Phi) is 5.39. The fraction of sp³-hybridized carbons (Fsp3) is 0.412. The highest BCUT2D eigenvalue weighted by Gasteiger charge is 2.25. The second-order valence-electron chi connectivity index (χ2n) is 6.11. The van der Waals surface area contributed by atoms with Crippen LogP contribution in [0.5, 0.6) is 0 Å². The maximum absolute atomic E-state index is 12.0. The molecule has 23 heavy (non-hydrogen) atoms. The smallest absolute Gasteiger partial charge is 0.326 e. The SMILES string of the molecule is CC(C)C[C@@H](O)C(=O)N[C@H](Cc1c[nH]c2ccccc12)C(=O)O. The van der Waals surface area contributed by atoms with E-state index in [0.29, 0.717) is 6.42 Å². The Bertz CT molecular complexity index is 693. The predicted octanol–water partition coefficient (Wildman–Crippen LogP) is 1.69. The number of nitrogens with one attached hydrogen (secondary N) is 2. The third-order valence-electron chi connectivity index (χ3n) is 3.71. The van der Waals surface area contributed by atoms with Gasteiger partial charge in [0.2, 0.25) is 5.91 Å². The van der Waals surface area contributed by atoms with Gasteiger partial charge in [0.15, 0.2) is 0 Å². The Morgan fingerprint density at radius 1 is 1.26 bits per heavy atom. The average Bonchev–Trinajstić information content (AvgIpc) is 2.89. The minimum absolute atomic E-state index is 0.146. The number of para-hydroxylation sites is 1. The molecule has 1 aromatic heterocycles. The molecule has 2 aromatic rings. The van der Waals surface area contributed by atoms with Gasteiger partial charge in [-0.05, 0) is 24.0 Å². The number of hydrogen-bond acceptors (Lipinski definition) is 3. The number of amides is 1. The third kappa shape index (κ3) is 4.32. The molecule has 0 bridgehead atoms. The normalized spacial score (nSPS) is 13.9. The quantitative estimate of drug-likeness (QED) is 0.624. The van der Waals surface area contributed by atoms with Crippen molar-refractivity contribution in [3.8, 4) is 0 Å². The van der Waals surface area contributed by atoms with E-state index in [1.165, 1.54) is 0 Å². The first-order valence-electron chi connectivity index (χ1n) is 7.64. The molecule has 0 aliphatic rings. The molecule has 2 atom stereocenters. The Morgan fingerprint density at radius 2 is 1.96 bits per heavy atom. The number of aliphatic hydroxyl groups excluding tert-OH is 1. The van der Waals surface area contributed by atoms with Gasteiger partial charge in [-0.1, -0.05) is 32.0 Å². The number of aliphatic hydroxyl groups is 1. The number of hydrogen-bond donors (Lipinski definition) is 4. The largest absolute Gasteiger partial charge is 0.480 e. The fourth-order valence-electron chi connectivity index (χ4n) is 2.54. The van der Waals surface area contributed by atoms with Crippen molar-refractivity contribution in [2.75, 3.05) is 0 Å². The Morgan fingerprint density at radius 3 is 2.61 bits per heavy atom. The summed E-state index contributed by atoms with van der Waals surface area (Å²) >= 11 is 0. The van der Waals surface area contributed by atoms with Gasteiger partial charge >= 0.3 is 5.97 Å². The number of fused-ring (bicyclic) bond motifs is 1. The van der Waals surface area contributed by atoms with Crippen molar-refractivity contribution in [3.05, 3.63) is 36.0 Å². The number of carbonyl (C=O) groups excluding carboxylic acids is 1. The van der Waals surface area contributed by atoms with E-state index in [9.17, 15) is 19.8 Å². The lowest BCUT2D eigenvalue weighted by atomic mass is 10.0. The van der Waals surface area contributed by atoms with Gasteiger partial charge in [0.05, 0.1) is 0 Å². The molecule has 0 spiro atoms. The fourth-order valence-corrected chi connectivity index (χ4v) is 2.54. The van der Waals surface area contributed by atoms with Crippen LogP contribution in [0.4, 0.5) is 0 Å². The Hall–Kier alpha value is -2.34. The molecule has 0 saturated heterocycles. The molecule has 1 aromatic carbocycles. The highest BCUT2D eigenvalue weighted by molar-refractivity contribution is 5.88. The van der Waals surface area contributed by atoms with Crippen LogP contribution in [0.15, 0.2) is 30.5 Å². The molecule has 6 nitrogen and oxygen atoms in total. The maximum atomic E-state index is 12.0. The van der Waals surface area contributed by atoms with Crippen molar-refractivity contribution in [2.45, 2.75) is 38.8 Å². The van der Waals surface area contributed by atoms with Crippen LogP contribution in [0.25, 0.3) is 10.9 Å². The summed E-state index contributed by atoms with van der Waals surface area (Å²) in [7, 11) is 0. The van der Waals surface area contributed by atoms with Gasteiger partial charge in [-0.15, -0.1) is 0 Å². The van der Waals surface area contributed by atoms with Crippen LogP contribution in [0.1, 0.15) is 25.8 Å². The minimum atomic E-state index is -1.19. The van der Waals surface area contributed by atoms with Gasteiger partial charge in [0.25, 0.3) is 0 Å². The first kappa shape index (κ1) is 17.0. The van der Waals surface area contributed by atoms with E-state index in [-0.39, 0.29) is 12.3 Å². The second kappa shape index (κ2) is 7.28. The summed E-state index contributed by atoms with van der Waals surface area (Å²) in [6.45, 7) is 3.77. The van der Waals surface area contributed by atoms with Crippen molar-refractivity contribution in [1.29, 1.82) is 0 Å². The molecule has 0 saturated carbocycles. The number of aromatic nitrogens is 1. The summed E-state index contributed by atoms with van der Waals surface area (Å²) in [6, 6.07) is 6.49. The van der Waals surface area contributed by atoms with E-state index in [2.05, 4.69) is 10.3 Å². The summed E-state index contributed by atoms with van der Waals surface area (Å²) in [5, 5.41) is 22.5. The number of rotatable bonds is 7. The number of carboxylic acid groups (broad SMARTS) is 1. The van der Waals surface area contributed by atoms with Gasteiger partial charge < -0.3 is 20.5 Å². The maximum Gasteiger partial charge on any atom is 0.326 e. The van der Waals surface area contributed by atoms with E-state index in [0.717, 1.165) is 16.5 Å². The standard InChI is InChI=1S/C17H22N2O4/c1-10(2)7-15(20)16(21)19-14(17(22)23)8-11-9-18-13-6-4-3-5-12(11)13/h3-6,9-10,14-15,18,20H,7-8H2,1-2H3,(H,19,21)(H,22,23)/t14-,15-/m1/s1. The van der Waals surface area contributed by atoms with E-state index in [4.69, 9.17) is 0 Å². The third-order valence-corrected chi connectivity index (χ3v) is 3.71. The highest BCUT2D eigenvalue weighted by Crippen LogP contribution is 2.19. The molecule has 0 fully saturated rings. The van der Waals surface area contributed by atoms with Crippen molar-refractivity contribution in [3.63, 3.8) is 0 Å². The van der Waals surface area contributed by atoms with Crippen molar-refractivity contribution < 1.29 is 19.8 Å². The van der Waals surface area contributed by atoms with Crippen LogP contribution in [-0.4, -0.2) is 39.2 Å². The summed E-state index contributed by atoms with van der Waals surface area (Å²) in [5.41, 5.74) is 1.73. The molecule has 0 radical (unpaired) electrons. The van der Waals surface area contributed by atoms with Crippen molar-refractivity contribution in [1.82, 2.24) is 10.3 Å². The van der Waals surface area contributed by atoms with Gasteiger partial charge in [0.1, 0.15) is 12.1 Å². The second-order valence-corrected chi connectivity index (χ2v) is 6.11. The first-order chi connectivity index (χ1) is 10.9. The van der Waals surface area contributed by atoms with E-state index in [1.54, 1.807) is 6.20 Å². The monoisotopic (exact) mass is 318 g/mol. The Labute approximate surface area is 134 Å². The number of carbonyl (C=O) groups is 2. The van der Waals surface area contributed by atoms with Gasteiger partial charge in [-0.3, -0.25) is 4.79 Å². The number of aromatic amines is 1. The van der Waals surface area contributed by atoms with E-state index in [1.807, 2.05) is 38.1 Å². The lowest BCUT2D eigenvalue weighted by Gasteiger charge is -2.18. The van der Waals surface area contributed by atoms with Crippen LogP contribution < -0.4 is 5.32 Å². The Balaban J connectivity index is 2.10. The molecule has 0 unspecified atom stereocenters. The van der Waals surface area contributed by atoms with Gasteiger partial charge in [-0.25, -0.2) is 4.79 Å². The molecule has 0 aliphatic carbocycles. The molecular formula is C17H22N2O4. The lowest BCUT2D eigenvalue weighted by Crippen LogP contribution is -2.46. The van der Waals surface area contributed by atoms with E-state index >= 15 is 0 Å². The van der Waals surface area contributed by atoms with Crippen molar-refractivity contribution >= 4 is 22.8 Å². The van der Waals surface area contributed by atoms with E-state index < -0.39 is 24.0 Å². The number of aliphatic carboxylic acids is 1. The summed E-state index contributed by atoms with van der Waals surface area (Å²) in [6.07, 6.45) is 1.00. The molecule has 1 amide bonds. The molecule has 1 heterocycles. The lowest BCUT2D eigenvalue weighted by molar-refractivity contribution is -0.143. The zero-order valence-electron chi connectivity index (χ0n) is 13.2. The van der Waals surface area contributed by atoms with Gasteiger partial charge in [-0.2, -0.15) is 0 Å². The average molecular weight is 318 g/mol. The highest BCUT2D eigenvalue weighted by atomic mass is 16.4. The van der Waals surface area contributed by atoms with Crippen LogP contribution in [0.3, 0.4) is 0 Å². The number of benzene rings is 1. The topological polar surface area (TPSA) is 102 Å². The van der Waals surface area contributed by atoms with Crippen LogP contribution in [-0.2, 0) is 16.0 Å². The summed E-state index contributed by atoms with van der Waals surface area (Å²) in [4.78, 5) is 26.5. The summed E-state index contributed by atoms with van der Waals surface area (Å²) in [5.74, 6) is -1.63. The van der Waals surface area contributed by atoms with Crippen LogP contribution >= 0.6 is 0 Å². The van der Waals surface area contributed by atoms with Crippen LogP contribution in [0.2, 0.25) is 0 Å². The number of carboxylic acids is 1. The first-order valence-corrected chi connectivity index (χ1v) is 7.64. The molecule has 6 heteroatoms. The zero-order valence-corrected chi connectivity index (χ0v) is 13.2. The molecule has 4 N–H and O–H groups in total. The minimum Gasteiger partial charge on any atom is -0.480 e. The number of H-pyrrole nitrogens is 1. The van der Waals surface area contributed by atoms with Crippen molar-refractivity contribution in [2.24, 2.45) is 5.92 Å². The zero-order chi connectivity index (χ0) is 17.0. The van der Waals surface area contributed by atoms with Gasteiger partial charge in [0, 0.05) is 23.5 Å². The van der Waals surface area contributed by atoms with Crippen LogP contribution in [0, 0.1) is 5.92 Å². The molecular weight excluding hydrogens is 296 g/mol. The molecule has 0 aliphatic heterocycles. The molecule has 2 rings (SSSR count). The summed E-state index contributed by atoms with van der Waals surface area (Å²) < 4.78 is 0. The predicted molar refractivity (Wildman–Crippen MR) is 87.0 cm³/mol.